The van der Waals surface area contributed by atoms with E-state index < -0.39 is 24.4 Å². The molecular weight excluding hydrogens is 801 g/mol. The molecule has 7 heterocycles. The normalized spacial score (nSPS) is 23.8. The van der Waals surface area contributed by atoms with Crippen LogP contribution < -0.4 is 15.8 Å². The molecule has 4 atom stereocenters. The van der Waals surface area contributed by atoms with Gasteiger partial charge in [0.25, 0.3) is 0 Å². The van der Waals surface area contributed by atoms with Gasteiger partial charge in [0.2, 0.25) is 17.7 Å². The van der Waals surface area contributed by atoms with Crippen LogP contribution in [0.5, 0.6) is 11.5 Å². The van der Waals surface area contributed by atoms with E-state index in [2.05, 4.69) is 36.9 Å². The number of aliphatic hydroxyl groups excluding tert-OH is 2. The number of imide groups is 1. The molecule has 324 valence electrons. The van der Waals surface area contributed by atoms with Crippen LogP contribution in [0.3, 0.4) is 0 Å². The lowest BCUT2D eigenvalue weighted by Crippen LogP contribution is -2.55. The number of carbonyl (C=O) groups is 3. The first-order valence-corrected chi connectivity index (χ1v) is 21.9. The summed E-state index contributed by atoms with van der Waals surface area (Å²) in [5, 5.41) is 30.1. The number of nitrogens with two attached hydrogens (primary N) is 1. The summed E-state index contributed by atoms with van der Waals surface area (Å²) in [6.45, 7) is 5.14. The van der Waals surface area contributed by atoms with Gasteiger partial charge in [-0.25, -0.2) is 19.5 Å². The SMILES string of the molecule is Nc1ncnc2c1c(-c1ccc(Oc3ccccc3)cc1)nn2C1CCCN(C(=O)CN2CCC(N3CC(C#Cc4ccc5c(c4)C(O)N(C4CCC(=O)NC4=O)C5O)C3)CC2)C1. The number of nitrogens with zero attached hydrogens (tertiary/aromatic N) is 8. The van der Waals surface area contributed by atoms with Gasteiger partial charge in [0.1, 0.15) is 41.8 Å². The number of hydrogen-bond acceptors (Lipinski definition) is 13. The highest BCUT2D eigenvalue weighted by atomic mass is 16.5. The van der Waals surface area contributed by atoms with Crippen molar-refractivity contribution in [3.63, 3.8) is 0 Å². The van der Waals surface area contributed by atoms with Crippen molar-refractivity contribution < 1.29 is 29.3 Å². The number of carbonyl (C=O) groups excluding carboxylic acids is 3. The predicted molar refractivity (Wildman–Crippen MR) is 232 cm³/mol. The van der Waals surface area contributed by atoms with Gasteiger partial charge in [-0.1, -0.05) is 36.1 Å². The van der Waals surface area contributed by atoms with E-state index in [0.717, 1.165) is 68.7 Å². The Morgan fingerprint density at radius 2 is 1.62 bits per heavy atom. The average molecular weight is 851 g/mol. The van der Waals surface area contributed by atoms with E-state index in [4.69, 9.17) is 15.6 Å². The molecule has 0 spiro atoms. The Balaban J connectivity index is 0.712. The lowest BCUT2D eigenvalue weighted by molar-refractivity contribution is -0.154. The topological polar surface area (TPSA) is 196 Å². The van der Waals surface area contributed by atoms with Crippen LogP contribution in [-0.4, -0.2) is 125 Å². The number of benzene rings is 3. The maximum Gasteiger partial charge on any atom is 0.244 e. The molecule has 3 aromatic carbocycles. The van der Waals surface area contributed by atoms with Crippen LogP contribution in [0.1, 0.15) is 73.7 Å². The minimum atomic E-state index is -1.18. The number of aliphatic hydroxyl groups is 2. The Morgan fingerprint density at radius 3 is 2.40 bits per heavy atom. The number of ether oxygens (including phenoxy) is 1. The molecule has 63 heavy (non-hydrogen) atoms. The molecule has 2 aromatic heterocycles. The van der Waals surface area contributed by atoms with Gasteiger partial charge in [0, 0.05) is 79.9 Å². The maximum absolute atomic E-state index is 13.8. The fourth-order valence-electron chi connectivity index (χ4n) is 9.83. The van der Waals surface area contributed by atoms with E-state index in [9.17, 15) is 24.6 Å². The highest BCUT2D eigenvalue weighted by Crippen LogP contribution is 2.42. The largest absolute Gasteiger partial charge is 0.457 e. The van der Waals surface area contributed by atoms with Crippen molar-refractivity contribution in [2.75, 3.05) is 51.5 Å². The first-order valence-electron chi connectivity index (χ1n) is 21.9. The predicted octanol–water partition coefficient (Wildman–Crippen LogP) is 3.58. The zero-order valence-electron chi connectivity index (χ0n) is 34.8. The molecule has 0 bridgehead atoms. The zero-order valence-corrected chi connectivity index (χ0v) is 34.8. The molecule has 10 rings (SSSR count). The van der Waals surface area contributed by atoms with E-state index in [-0.39, 0.29) is 36.6 Å². The van der Waals surface area contributed by atoms with Gasteiger partial charge >= 0.3 is 0 Å². The molecule has 3 amide bonds. The van der Waals surface area contributed by atoms with E-state index in [1.807, 2.05) is 70.2 Å². The van der Waals surface area contributed by atoms with Crippen LogP contribution >= 0.6 is 0 Å². The minimum absolute atomic E-state index is 0.0559. The summed E-state index contributed by atoms with van der Waals surface area (Å²) in [6.07, 6.45) is 3.24. The number of hydrogen-bond donors (Lipinski definition) is 4. The first kappa shape index (κ1) is 40.8. The zero-order chi connectivity index (χ0) is 43.2. The number of fused-ring (bicyclic) bond motifs is 2. The van der Waals surface area contributed by atoms with Gasteiger partial charge in [-0.2, -0.15) is 5.10 Å². The van der Waals surface area contributed by atoms with Gasteiger partial charge in [0.15, 0.2) is 5.65 Å². The number of amides is 3. The monoisotopic (exact) mass is 850 g/mol. The summed E-state index contributed by atoms with van der Waals surface area (Å²) in [5.41, 5.74) is 10.5. The summed E-state index contributed by atoms with van der Waals surface area (Å²) in [5.74, 6) is 7.99. The molecule has 5 aliphatic rings. The second-order valence-electron chi connectivity index (χ2n) is 17.3. The van der Waals surface area contributed by atoms with Crippen molar-refractivity contribution in [1.29, 1.82) is 0 Å². The number of para-hydroxylation sites is 1. The van der Waals surface area contributed by atoms with Gasteiger partial charge in [0.05, 0.1) is 24.0 Å². The Bertz CT molecular complexity index is 2600. The lowest BCUT2D eigenvalue weighted by Gasteiger charge is -2.45. The Labute approximate surface area is 364 Å². The quantitative estimate of drug-likeness (QED) is 0.131. The highest BCUT2D eigenvalue weighted by molar-refractivity contribution is 6.00. The smallest absolute Gasteiger partial charge is 0.244 e. The second-order valence-corrected chi connectivity index (χ2v) is 17.3. The van der Waals surface area contributed by atoms with Crippen molar-refractivity contribution >= 4 is 34.6 Å². The lowest BCUT2D eigenvalue weighted by atomic mass is 9.93. The first-order chi connectivity index (χ1) is 30.7. The van der Waals surface area contributed by atoms with Crippen molar-refractivity contribution in [3.8, 4) is 34.6 Å². The van der Waals surface area contributed by atoms with Crippen LogP contribution in [0.4, 0.5) is 5.82 Å². The summed E-state index contributed by atoms with van der Waals surface area (Å²) in [4.78, 5) is 54.9. The summed E-state index contributed by atoms with van der Waals surface area (Å²) in [7, 11) is 0. The van der Waals surface area contributed by atoms with Crippen LogP contribution in [0.2, 0.25) is 0 Å². The molecule has 5 aromatic rings. The van der Waals surface area contributed by atoms with Crippen molar-refractivity contribution in [3.05, 3.63) is 95.8 Å². The summed E-state index contributed by atoms with van der Waals surface area (Å²) in [6, 6.07) is 22.3. The Hall–Kier alpha value is -6.22. The molecule has 4 fully saturated rings. The molecule has 4 unspecified atom stereocenters. The molecule has 5 aliphatic heterocycles. The number of aromatic nitrogens is 4. The third-order valence-corrected chi connectivity index (χ3v) is 13.3. The van der Waals surface area contributed by atoms with Crippen LogP contribution in [0.25, 0.3) is 22.3 Å². The van der Waals surface area contributed by atoms with Gasteiger partial charge in [-0.15, -0.1) is 0 Å². The molecule has 16 heteroatoms. The number of likely N-dealkylation sites (tertiary alicyclic amines) is 3. The minimum Gasteiger partial charge on any atom is -0.457 e. The third kappa shape index (κ3) is 8.14. The number of nitrogens with one attached hydrogen (secondary N) is 1. The average Bonchev–Trinajstić information content (AvgIpc) is 3.79. The van der Waals surface area contributed by atoms with Crippen LogP contribution in [0.15, 0.2) is 79.1 Å². The Kier molecular flexibility index (Phi) is 11.1. The molecule has 0 radical (unpaired) electrons. The number of rotatable bonds is 8. The summed E-state index contributed by atoms with van der Waals surface area (Å²) < 4.78 is 7.94. The van der Waals surface area contributed by atoms with E-state index >= 15 is 0 Å². The molecule has 16 nitrogen and oxygen atoms in total. The standard InChI is InChI=1S/C47H50N10O6/c48-43-41-42(31-11-13-35(14-12-31)63-34-6-2-1-3-7-34)52-57(44(41)50-28-49-43)33-5-4-20-54(26-33)40(59)27-53-21-18-32(19-22-53)55-24-30(25-55)9-8-29-10-15-36-37(23-29)47(62)56(46(36)61)38-16-17-39(58)51-45(38)60/h1-3,6-7,10-15,23,28,30,32-33,38,46-47,61-62H,4-5,16-22,24-27H2,(H2,48,49,50)(H,51,58,60). The van der Waals surface area contributed by atoms with Crippen molar-refractivity contribution in [2.24, 2.45) is 5.92 Å². The van der Waals surface area contributed by atoms with Crippen molar-refractivity contribution in [1.82, 2.24) is 44.7 Å². The van der Waals surface area contributed by atoms with Crippen molar-refractivity contribution in [2.45, 2.75) is 69.1 Å². The molecule has 0 saturated carbocycles. The van der Waals surface area contributed by atoms with E-state index in [1.165, 1.54) is 11.2 Å². The summed E-state index contributed by atoms with van der Waals surface area (Å²) >= 11 is 0. The fraction of sp³-hybridized carbons (Fsp3) is 0.404. The van der Waals surface area contributed by atoms with Crippen LogP contribution in [0, 0.1) is 17.8 Å². The fourth-order valence-corrected chi connectivity index (χ4v) is 9.83. The molecule has 5 N–H and O–H groups in total. The maximum atomic E-state index is 13.8. The molecule has 4 saturated heterocycles. The van der Waals surface area contributed by atoms with E-state index in [0.29, 0.717) is 65.1 Å². The van der Waals surface area contributed by atoms with Crippen LogP contribution in [-0.2, 0) is 14.4 Å². The molecular formula is C47H50N10O6. The van der Waals surface area contributed by atoms with E-state index in [1.54, 1.807) is 12.1 Å². The van der Waals surface area contributed by atoms with Gasteiger partial charge in [-0.3, -0.25) is 29.5 Å². The Morgan fingerprint density at radius 1 is 0.857 bits per heavy atom. The number of nitrogen functional groups attached to an aromatic ring is 1. The third-order valence-electron chi connectivity index (χ3n) is 13.3. The van der Waals surface area contributed by atoms with Gasteiger partial charge < -0.3 is 25.6 Å². The highest BCUT2D eigenvalue weighted by Gasteiger charge is 2.45. The second kappa shape index (κ2) is 17.2. The number of anilines is 1. The van der Waals surface area contributed by atoms with Gasteiger partial charge in [-0.05, 0) is 80.6 Å². The molecule has 0 aliphatic carbocycles. The number of piperidine rings is 3.